The first kappa shape index (κ1) is 7.01. The predicted octanol–water partition coefficient (Wildman–Crippen LogP) is 0.183. The molecule has 0 atom stereocenters. The van der Waals surface area contributed by atoms with Gasteiger partial charge in [0.1, 0.15) is 0 Å². The van der Waals surface area contributed by atoms with Gasteiger partial charge in [0.25, 0.3) is 0 Å². The topological polar surface area (TPSA) is 64.4 Å². The number of hydrogen-bond donors (Lipinski definition) is 2. The van der Waals surface area contributed by atoms with Gasteiger partial charge in [-0.1, -0.05) is 0 Å². The molecule has 0 radical (unpaired) electrons. The molecule has 4 N–H and O–H groups in total. The normalized spacial score (nSPS) is 14.2. The van der Waals surface area contributed by atoms with Gasteiger partial charge in [0.15, 0.2) is 0 Å². The van der Waals surface area contributed by atoms with Crippen LogP contribution in [0.15, 0.2) is 16.9 Å². The Morgan fingerprint density at radius 1 is 1.50 bits per heavy atom. The first-order chi connectivity index (χ1) is 3.66. The summed E-state index contributed by atoms with van der Waals surface area (Å²) in [5.41, 5.74) is 11.1. The zero-order valence-electron chi connectivity index (χ0n) is 5.18. The number of nitrogens with zero attached hydrogens (tertiary/aromatic N) is 1. The number of allylic oxidation sites excluding steroid dienone is 1. The van der Waals surface area contributed by atoms with Crippen LogP contribution in [0.1, 0.15) is 13.8 Å². The standard InChI is InChI=1S/C5H11N3/c1-4(3-6)8-5(2)7/h3H,6H2,1-2H3,(H2,7,8)/b4-3-. The summed E-state index contributed by atoms with van der Waals surface area (Å²) in [6.45, 7) is 3.50. The minimum Gasteiger partial charge on any atom is -0.403 e. The summed E-state index contributed by atoms with van der Waals surface area (Å²) in [7, 11) is 0. The molecule has 3 nitrogen and oxygen atoms in total. The molecule has 0 rings (SSSR count). The molecule has 0 aromatic heterocycles. The lowest BCUT2D eigenvalue weighted by Gasteiger charge is -1.88. The number of nitrogens with two attached hydrogens (primary N) is 2. The van der Waals surface area contributed by atoms with Crippen molar-refractivity contribution in [3.8, 4) is 0 Å². The van der Waals surface area contributed by atoms with Crippen molar-refractivity contribution in [1.29, 1.82) is 0 Å². The smallest absolute Gasteiger partial charge is 0.0961 e. The largest absolute Gasteiger partial charge is 0.403 e. The van der Waals surface area contributed by atoms with Crippen LogP contribution in [0, 0.1) is 0 Å². The highest BCUT2D eigenvalue weighted by Gasteiger charge is 1.78. The molecule has 8 heavy (non-hydrogen) atoms. The summed E-state index contributed by atoms with van der Waals surface area (Å²) in [4.78, 5) is 3.83. The Kier molecular flexibility index (Phi) is 2.69. The van der Waals surface area contributed by atoms with Crippen LogP contribution in [0.5, 0.6) is 0 Å². The summed E-state index contributed by atoms with van der Waals surface area (Å²) in [6.07, 6.45) is 1.41. The molecule has 0 aliphatic carbocycles. The average Bonchev–Trinajstić information content (AvgIpc) is 1.65. The van der Waals surface area contributed by atoms with E-state index in [4.69, 9.17) is 11.5 Å². The molecule has 0 bridgehead atoms. The maximum atomic E-state index is 5.22. The molecular weight excluding hydrogens is 102 g/mol. The summed E-state index contributed by atoms with van der Waals surface area (Å²) in [5.74, 6) is 0.532. The first-order valence-corrected chi connectivity index (χ1v) is 2.36. The zero-order valence-corrected chi connectivity index (χ0v) is 5.18. The van der Waals surface area contributed by atoms with Crippen LogP contribution in [0.2, 0.25) is 0 Å². The van der Waals surface area contributed by atoms with E-state index in [9.17, 15) is 0 Å². The predicted molar refractivity (Wildman–Crippen MR) is 35.2 cm³/mol. The van der Waals surface area contributed by atoms with E-state index in [0.29, 0.717) is 5.84 Å². The van der Waals surface area contributed by atoms with Crippen LogP contribution in [0.25, 0.3) is 0 Å². The summed E-state index contributed by atoms with van der Waals surface area (Å²) in [5, 5.41) is 0. The molecule has 0 aromatic carbocycles. The fraction of sp³-hybridized carbons (Fsp3) is 0.400. The van der Waals surface area contributed by atoms with Gasteiger partial charge in [-0.05, 0) is 13.8 Å². The second-order valence-corrected chi connectivity index (χ2v) is 1.56. The van der Waals surface area contributed by atoms with Crippen LogP contribution >= 0.6 is 0 Å². The van der Waals surface area contributed by atoms with E-state index in [1.54, 1.807) is 13.8 Å². The maximum Gasteiger partial charge on any atom is 0.0961 e. The molecule has 0 aliphatic heterocycles. The molecule has 0 heterocycles. The van der Waals surface area contributed by atoms with Gasteiger partial charge in [-0.3, -0.25) is 0 Å². The molecule has 0 saturated carbocycles. The van der Waals surface area contributed by atoms with Crippen molar-refractivity contribution in [2.24, 2.45) is 16.5 Å². The Morgan fingerprint density at radius 2 is 2.00 bits per heavy atom. The maximum absolute atomic E-state index is 5.22. The lowest BCUT2D eigenvalue weighted by Crippen LogP contribution is -2.05. The van der Waals surface area contributed by atoms with Crippen LogP contribution in [-0.4, -0.2) is 5.84 Å². The molecule has 0 aliphatic rings. The number of aliphatic imine (C=N–C) groups is 1. The molecule has 3 heteroatoms. The second-order valence-electron chi connectivity index (χ2n) is 1.56. The van der Waals surface area contributed by atoms with Gasteiger partial charge in [-0.2, -0.15) is 0 Å². The van der Waals surface area contributed by atoms with E-state index in [2.05, 4.69) is 4.99 Å². The molecule has 0 spiro atoms. The molecule has 0 unspecified atom stereocenters. The van der Waals surface area contributed by atoms with Gasteiger partial charge < -0.3 is 11.5 Å². The van der Waals surface area contributed by atoms with Gasteiger partial charge in [0.05, 0.1) is 11.5 Å². The highest BCUT2D eigenvalue weighted by Crippen LogP contribution is 1.88. The molecule has 46 valence electrons. The third-order valence-corrected chi connectivity index (χ3v) is 0.594. The number of amidine groups is 1. The second kappa shape index (κ2) is 3.07. The van der Waals surface area contributed by atoms with E-state index in [1.807, 2.05) is 0 Å². The lowest BCUT2D eigenvalue weighted by molar-refractivity contribution is 1.25. The minimum absolute atomic E-state index is 0.532. The Hall–Kier alpha value is -0.990. The Bertz CT molecular complexity index is 120. The van der Waals surface area contributed by atoms with Crippen LogP contribution in [0.3, 0.4) is 0 Å². The summed E-state index contributed by atoms with van der Waals surface area (Å²) in [6, 6.07) is 0. The van der Waals surface area contributed by atoms with Crippen LogP contribution in [-0.2, 0) is 0 Å². The molecule has 0 aromatic rings. The van der Waals surface area contributed by atoms with Crippen molar-refractivity contribution >= 4 is 5.84 Å². The highest BCUT2D eigenvalue weighted by atomic mass is 14.9. The van der Waals surface area contributed by atoms with E-state index >= 15 is 0 Å². The van der Waals surface area contributed by atoms with Crippen molar-refractivity contribution in [2.75, 3.05) is 0 Å². The molecule has 0 saturated heterocycles. The molecule has 0 amide bonds. The SMILES string of the molecule is CC(N)=N/C(C)=C\N. The first-order valence-electron chi connectivity index (χ1n) is 2.36. The zero-order chi connectivity index (χ0) is 6.57. The van der Waals surface area contributed by atoms with Gasteiger partial charge in [-0.15, -0.1) is 0 Å². The fourth-order valence-corrected chi connectivity index (χ4v) is 0.315. The molecule has 0 fully saturated rings. The van der Waals surface area contributed by atoms with Gasteiger partial charge >= 0.3 is 0 Å². The third-order valence-electron chi connectivity index (χ3n) is 0.594. The Morgan fingerprint density at radius 3 is 2.12 bits per heavy atom. The molecular formula is C5H11N3. The van der Waals surface area contributed by atoms with E-state index in [0.717, 1.165) is 5.70 Å². The minimum atomic E-state index is 0.532. The highest BCUT2D eigenvalue weighted by molar-refractivity contribution is 5.78. The van der Waals surface area contributed by atoms with Crippen molar-refractivity contribution in [2.45, 2.75) is 13.8 Å². The van der Waals surface area contributed by atoms with Crippen LogP contribution in [0.4, 0.5) is 0 Å². The van der Waals surface area contributed by atoms with Gasteiger partial charge in [-0.25, -0.2) is 4.99 Å². The van der Waals surface area contributed by atoms with Crippen molar-refractivity contribution in [3.05, 3.63) is 11.9 Å². The Labute approximate surface area is 49.1 Å². The third kappa shape index (κ3) is 3.21. The average molecular weight is 113 g/mol. The quantitative estimate of drug-likeness (QED) is 0.376. The number of hydrogen-bond acceptors (Lipinski definition) is 2. The van der Waals surface area contributed by atoms with E-state index < -0.39 is 0 Å². The fourth-order valence-electron chi connectivity index (χ4n) is 0.315. The van der Waals surface area contributed by atoms with E-state index in [1.165, 1.54) is 6.20 Å². The van der Waals surface area contributed by atoms with Crippen LogP contribution < -0.4 is 11.5 Å². The van der Waals surface area contributed by atoms with Gasteiger partial charge in [0.2, 0.25) is 0 Å². The number of rotatable bonds is 1. The summed E-state index contributed by atoms with van der Waals surface area (Å²) < 4.78 is 0. The monoisotopic (exact) mass is 113 g/mol. The van der Waals surface area contributed by atoms with Crippen molar-refractivity contribution in [3.63, 3.8) is 0 Å². The lowest BCUT2D eigenvalue weighted by atomic mass is 10.5. The van der Waals surface area contributed by atoms with E-state index in [-0.39, 0.29) is 0 Å². The Balaban J connectivity index is 3.89. The summed E-state index contributed by atoms with van der Waals surface area (Å²) >= 11 is 0. The van der Waals surface area contributed by atoms with Crippen molar-refractivity contribution < 1.29 is 0 Å². The van der Waals surface area contributed by atoms with Gasteiger partial charge in [0, 0.05) is 6.20 Å². The van der Waals surface area contributed by atoms with Crippen molar-refractivity contribution in [1.82, 2.24) is 0 Å².